The second-order valence-electron chi connectivity index (χ2n) is 4.12. The Morgan fingerprint density at radius 3 is 2.67 bits per heavy atom. The van der Waals surface area contributed by atoms with Crippen molar-refractivity contribution in [2.75, 3.05) is 0 Å². The predicted octanol–water partition coefficient (Wildman–Crippen LogP) is 4.71. The van der Waals surface area contributed by atoms with Gasteiger partial charge in [0.05, 0.1) is 6.61 Å². The average molecular weight is 275 g/mol. The lowest BCUT2D eigenvalue weighted by molar-refractivity contribution is 0.282. The second kappa shape index (κ2) is 4.73. The molecule has 18 heavy (non-hydrogen) atoms. The Labute approximate surface area is 114 Å². The summed E-state index contributed by atoms with van der Waals surface area (Å²) >= 11 is 7.94. The molecule has 0 amide bonds. The van der Waals surface area contributed by atoms with Gasteiger partial charge in [-0.25, -0.2) is 0 Å². The third kappa shape index (κ3) is 1.93. The van der Waals surface area contributed by atoms with Gasteiger partial charge in [0, 0.05) is 26.2 Å². The van der Waals surface area contributed by atoms with E-state index in [1.54, 1.807) is 11.3 Å². The first-order valence-corrected chi connectivity index (χ1v) is 6.91. The molecule has 0 saturated carbocycles. The quantitative estimate of drug-likeness (QED) is 0.717. The topological polar surface area (TPSA) is 20.2 Å². The van der Waals surface area contributed by atoms with Crippen LogP contribution in [0.1, 0.15) is 5.56 Å². The Morgan fingerprint density at radius 1 is 1.06 bits per heavy atom. The highest BCUT2D eigenvalue weighted by Crippen LogP contribution is 2.37. The Morgan fingerprint density at radius 2 is 1.89 bits per heavy atom. The fourth-order valence-corrected chi connectivity index (χ4v) is 3.24. The summed E-state index contributed by atoms with van der Waals surface area (Å²) in [6.45, 7) is 0.0632. The van der Waals surface area contributed by atoms with Crippen LogP contribution in [0.5, 0.6) is 0 Å². The number of hydrogen-bond acceptors (Lipinski definition) is 2. The van der Waals surface area contributed by atoms with E-state index in [0.29, 0.717) is 0 Å². The van der Waals surface area contributed by atoms with Gasteiger partial charge in [-0.2, -0.15) is 0 Å². The monoisotopic (exact) mass is 274 g/mol. The number of aliphatic hydroxyl groups excluding tert-OH is 1. The van der Waals surface area contributed by atoms with Crippen molar-refractivity contribution in [2.24, 2.45) is 0 Å². The Hall–Kier alpha value is -1.35. The van der Waals surface area contributed by atoms with Crippen LogP contribution in [0.15, 0.2) is 47.8 Å². The highest BCUT2D eigenvalue weighted by atomic mass is 35.5. The molecule has 0 unspecified atom stereocenters. The normalized spacial score (nSPS) is 11.0. The maximum atomic E-state index is 9.23. The maximum Gasteiger partial charge on any atom is 0.0682 e. The van der Waals surface area contributed by atoms with Gasteiger partial charge in [0.2, 0.25) is 0 Å². The molecule has 0 saturated heterocycles. The van der Waals surface area contributed by atoms with E-state index in [1.165, 1.54) is 4.70 Å². The van der Waals surface area contributed by atoms with Gasteiger partial charge in [0.25, 0.3) is 0 Å². The molecule has 3 heteroatoms. The van der Waals surface area contributed by atoms with Gasteiger partial charge in [-0.1, -0.05) is 35.9 Å². The summed E-state index contributed by atoms with van der Waals surface area (Å²) in [7, 11) is 0. The minimum absolute atomic E-state index is 0.0632. The molecule has 0 fully saturated rings. The van der Waals surface area contributed by atoms with Crippen molar-refractivity contribution in [2.45, 2.75) is 6.61 Å². The summed E-state index contributed by atoms with van der Waals surface area (Å²) in [5.41, 5.74) is 3.10. The van der Waals surface area contributed by atoms with Gasteiger partial charge >= 0.3 is 0 Å². The lowest BCUT2D eigenvalue weighted by Crippen LogP contribution is -1.82. The first-order valence-electron chi connectivity index (χ1n) is 5.65. The molecule has 1 nitrogen and oxygen atoms in total. The molecule has 3 aromatic rings. The van der Waals surface area contributed by atoms with Gasteiger partial charge in [0.15, 0.2) is 0 Å². The van der Waals surface area contributed by atoms with Crippen LogP contribution >= 0.6 is 22.9 Å². The van der Waals surface area contributed by atoms with E-state index in [9.17, 15) is 5.11 Å². The lowest BCUT2D eigenvalue weighted by Gasteiger charge is -2.03. The van der Waals surface area contributed by atoms with Crippen molar-refractivity contribution in [1.29, 1.82) is 0 Å². The van der Waals surface area contributed by atoms with Crippen molar-refractivity contribution in [3.05, 3.63) is 58.4 Å². The third-order valence-electron chi connectivity index (χ3n) is 2.98. The summed E-state index contributed by atoms with van der Waals surface area (Å²) in [5, 5.41) is 13.3. The van der Waals surface area contributed by atoms with Crippen LogP contribution in [-0.4, -0.2) is 5.11 Å². The fourth-order valence-electron chi connectivity index (χ4n) is 2.06. The molecule has 0 spiro atoms. The molecule has 0 radical (unpaired) electrons. The molecule has 1 aromatic heterocycles. The molecule has 3 rings (SSSR count). The molecule has 2 aromatic carbocycles. The number of rotatable bonds is 2. The highest BCUT2D eigenvalue weighted by Gasteiger charge is 2.09. The minimum Gasteiger partial charge on any atom is -0.392 e. The van der Waals surface area contributed by atoms with Crippen molar-refractivity contribution in [1.82, 2.24) is 0 Å². The number of hydrogen-bond donors (Lipinski definition) is 1. The standard InChI is InChI=1S/C15H11ClOS/c16-14-4-2-1-3-11(14)13-9-18-15-6-5-10(8-17)7-12(13)15/h1-7,9,17H,8H2. The van der Waals surface area contributed by atoms with E-state index in [4.69, 9.17) is 11.6 Å². The zero-order chi connectivity index (χ0) is 12.5. The highest BCUT2D eigenvalue weighted by molar-refractivity contribution is 7.17. The first kappa shape index (κ1) is 11.7. The largest absolute Gasteiger partial charge is 0.392 e. The van der Waals surface area contributed by atoms with E-state index in [0.717, 1.165) is 27.1 Å². The number of benzene rings is 2. The van der Waals surface area contributed by atoms with Gasteiger partial charge < -0.3 is 5.11 Å². The van der Waals surface area contributed by atoms with Crippen LogP contribution in [0.2, 0.25) is 5.02 Å². The van der Waals surface area contributed by atoms with Gasteiger partial charge in [-0.3, -0.25) is 0 Å². The summed E-state index contributed by atoms with van der Waals surface area (Å²) < 4.78 is 1.21. The van der Waals surface area contributed by atoms with Crippen molar-refractivity contribution >= 4 is 33.0 Å². The average Bonchev–Trinajstić information content (AvgIpc) is 2.82. The second-order valence-corrected chi connectivity index (χ2v) is 5.44. The molecule has 0 aliphatic rings. The lowest BCUT2D eigenvalue weighted by atomic mass is 10.0. The summed E-state index contributed by atoms with van der Waals surface area (Å²) in [6, 6.07) is 13.9. The van der Waals surface area contributed by atoms with Crippen LogP contribution in [0.3, 0.4) is 0 Å². The summed E-state index contributed by atoms with van der Waals surface area (Å²) in [5.74, 6) is 0. The number of thiophene rings is 1. The molecule has 0 aliphatic heterocycles. The van der Waals surface area contributed by atoms with E-state index < -0.39 is 0 Å². The molecule has 0 aliphatic carbocycles. The van der Waals surface area contributed by atoms with Crippen LogP contribution < -0.4 is 0 Å². The van der Waals surface area contributed by atoms with E-state index >= 15 is 0 Å². The smallest absolute Gasteiger partial charge is 0.0682 e. The molecule has 90 valence electrons. The SMILES string of the molecule is OCc1ccc2scc(-c3ccccc3Cl)c2c1. The number of halogens is 1. The molecule has 0 bridgehead atoms. The van der Waals surface area contributed by atoms with E-state index in [1.807, 2.05) is 42.5 Å². The van der Waals surface area contributed by atoms with Crippen LogP contribution in [0.25, 0.3) is 21.2 Å². The first-order chi connectivity index (χ1) is 8.79. The van der Waals surface area contributed by atoms with E-state index in [2.05, 4.69) is 5.38 Å². The molecule has 1 heterocycles. The maximum absolute atomic E-state index is 9.23. The van der Waals surface area contributed by atoms with Crippen LogP contribution in [0, 0.1) is 0 Å². The van der Waals surface area contributed by atoms with E-state index in [-0.39, 0.29) is 6.61 Å². The van der Waals surface area contributed by atoms with Gasteiger partial charge in [-0.15, -0.1) is 11.3 Å². The number of fused-ring (bicyclic) bond motifs is 1. The Kier molecular flexibility index (Phi) is 3.08. The van der Waals surface area contributed by atoms with Gasteiger partial charge in [0.1, 0.15) is 0 Å². The molecule has 0 atom stereocenters. The van der Waals surface area contributed by atoms with Crippen LogP contribution in [0.4, 0.5) is 0 Å². The molecule has 1 N–H and O–H groups in total. The fraction of sp³-hybridized carbons (Fsp3) is 0.0667. The summed E-state index contributed by atoms with van der Waals surface area (Å²) in [4.78, 5) is 0. The summed E-state index contributed by atoms with van der Waals surface area (Å²) in [6.07, 6.45) is 0. The molecular formula is C15H11ClOS. The minimum atomic E-state index is 0.0632. The van der Waals surface area contributed by atoms with Crippen molar-refractivity contribution in [3.63, 3.8) is 0 Å². The Balaban J connectivity index is 2.26. The molecular weight excluding hydrogens is 264 g/mol. The Bertz CT molecular complexity index is 703. The van der Waals surface area contributed by atoms with Crippen molar-refractivity contribution < 1.29 is 5.11 Å². The zero-order valence-electron chi connectivity index (χ0n) is 9.56. The zero-order valence-corrected chi connectivity index (χ0v) is 11.1. The van der Waals surface area contributed by atoms with Gasteiger partial charge in [-0.05, 0) is 29.1 Å². The number of aliphatic hydroxyl groups is 1. The van der Waals surface area contributed by atoms with Crippen molar-refractivity contribution in [3.8, 4) is 11.1 Å². The third-order valence-corrected chi connectivity index (χ3v) is 4.28. The van der Waals surface area contributed by atoms with Crippen LogP contribution in [-0.2, 0) is 6.61 Å². The predicted molar refractivity (Wildman–Crippen MR) is 78.2 cm³/mol.